The number of anilines is 2. The van der Waals surface area contributed by atoms with E-state index in [0.717, 1.165) is 82.8 Å². The van der Waals surface area contributed by atoms with Gasteiger partial charge in [0.15, 0.2) is 5.82 Å². The summed E-state index contributed by atoms with van der Waals surface area (Å²) in [6.45, 7) is 3.67. The van der Waals surface area contributed by atoms with E-state index in [9.17, 15) is 13.6 Å². The molecule has 228 valence electrons. The SMILES string of the molecule is N[C@H]1CN(c2ncc(C(=O)N(C3CC3)C3CCN(c4nc(C5CCOCC5)no4)CC3)cn2)C[C@@H]1c1cc(F)ccc1F. The summed E-state index contributed by atoms with van der Waals surface area (Å²) in [5, 5.41) is 4.24. The Morgan fingerprint density at radius 3 is 2.40 bits per heavy atom. The van der Waals surface area contributed by atoms with Crippen LogP contribution in [0.1, 0.15) is 72.1 Å². The second-order valence-corrected chi connectivity index (χ2v) is 12.1. The minimum absolute atomic E-state index is 0.0649. The van der Waals surface area contributed by atoms with Gasteiger partial charge in [-0.15, -0.1) is 0 Å². The predicted molar refractivity (Wildman–Crippen MR) is 153 cm³/mol. The lowest BCUT2D eigenvalue weighted by molar-refractivity contribution is 0.0628. The highest BCUT2D eigenvalue weighted by Crippen LogP contribution is 2.35. The Bertz CT molecular complexity index is 1440. The fourth-order valence-corrected chi connectivity index (χ4v) is 6.66. The first-order valence-electron chi connectivity index (χ1n) is 15.2. The second-order valence-electron chi connectivity index (χ2n) is 12.1. The smallest absolute Gasteiger partial charge is 0.324 e. The van der Waals surface area contributed by atoms with Crippen molar-refractivity contribution in [2.45, 2.75) is 68.5 Å². The lowest BCUT2D eigenvalue weighted by atomic mass is 9.94. The molecule has 0 spiro atoms. The molecule has 3 aliphatic heterocycles. The predicted octanol–water partition coefficient (Wildman–Crippen LogP) is 3.24. The van der Waals surface area contributed by atoms with Crippen molar-refractivity contribution < 1.29 is 22.8 Å². The van der Waals surface area contributed by atoms with Crippen LogP contribution in [0.4, 0.5) is 20.7 Å². The van der Waals surface area contributed by atoms with E-state index in [2.05, 4.69) is 25.0 Å². The molecule has 13 heteroatoms. The Labute approximate surface area is 248 Å². The number of ether oxygens (including phenoxy) is 1. The summed E-state index contributed by atoms with van der Waals surface area (Å²) in [5.41, 5.74) is 7.01. The molecule has 0 radical (unpaired) electrons. The Kier molecular flexibility index (Phi) is 7.68. The van der Waals surface area contributed by atoms with Crippen LogP contribution in [0.15, 0.2) is 35.1 Å². The third kappa shape index (κ3) is 5.79. The Morgan fingerprint density at radius 1 is 0.953 bits per heavy atom. The fraction of sp³-hybridized carbons (Fsp3) is 0.567. The van der Waals surface area contributed by atoms with E-state index in [-0.39, 0.29) is 29.5 Å². The van der Waals surface area contributed by atoms with Crippen molar-refractivity contribution in [1.82, 2.24) is 25.0 Å². The first-order valence-corrected chi connectivity index (χ1v) is 15.2. The maximum atomic E-state index is 14.4. The molecule has 3 saturated heterocycles. The molecule has 11 nitrogen and oxygen atoms in total. The number of hydrogen-bond donors (Lipinski definition) is 1. The molecule has 4 fully saturated rings. The monoisotopic (exact) mass is 594 g/mol. The van der Waals surface area contributed by atoms with Crippen molar-refractivity contribution in [1.29, 1.82) is 0 Å². The van der Waals surface area contributed by atoms with Gasteiger partial charge in [-0.1, -0.05) is 5.16 Å². The van der Waals surface area contributed by atoms with Crippen molar-refractivity contribution in [3.05, 3.63) is 59.2 Å². The number of carbonyl (C=O) groups excluding carboxylic acids is 1. The van der Waals surface area contributed by atoms with E-state index < -0.39 is 23.6 Å². The normalized spacial score (nSPS) is 23.6. The van der Waals surface area contributed by atoms with Crippen LogP contribution in [0.25, 0.3) is 0 Å². The highest BCUT2D eigenvalue weighted by atomic mass is 19.1. The Morgan fingerprint density at radius 2 is 1.67 bits per heavy atom. The van der Waals surface area contributed by atoms with Crippen molar-refractivity contribution in [3.63, 3.8) is 0 Å². The topological polar surface area (TPSA) is 127 Å². The molecule has 43 heavy (non-hydrogen) atoms. The van der Waals surface area contributed by atoms with Gasteiger partial charge in [-0.05, 0) is 62.3 Å². The number of nitrogens with zero attached hydrogens (tertiary/aromatic N) is 7. The summed E-state index contributed by atoms with van der Waals surface area (Å²) in [6, 6.07) is 3.91. The van der Waals surface area contributed by atoms with Crippen LogP contribution in [0.2, 0.25) is 0 Å². The molecule has 1 saturated carbocycles. The van der Waals surface area contributed by atoms with Gasteiger partial charge in [0, 0.05) is 81.7 Å². The van der Waals surface area contributed by atoms with Crippen LogP contribution >= 0.6 is 0 Å². The minimum Gasteiger partial charge on any atom is -0.381 e. The molecule has 0 bridgehead atoms. The lowest BCUT2D eigenvalue weighted by Crippen LogP contribution is -2.48. The molecule has 1 amide bonds. The van der Waals surface area contributed by atoms with Gasteiger partial charge < -0.3 is 29.7 Å². The first-order chi connectivity index (χ1) is 20.9. The lowest BCUT2D eigenvalue weighted by Gasteiger charge is -2.38. The number of rotatable bonds is 7. The maximum absolute atomic E-state index is 14.4. The second kappa shape index (κ2) is 11.8. The van der Waals surface area contributed by atoms with Crippen molar-refractivity contribution in [2.24, 2.45) is 5.73 Å². The van der Waals surface area contributed by atoms with Gasteiger partial charge in [0.05, 0.1) is 5.56 Å². The van der Waals surface area contributed by atoms with Crippen LogP contribution in [-0.4, -0.2) is 88.4 Å². The molecule has 2 aromatic heterocycles. The molecule has 4 aliphatic rings. The number of piperidine rings is 1. The van der Waals surface area contributed by atoms with E-state index in [1.165, 1.54) is 6.07 Å². The van der Waals surface area contributed by atoms with Crippen molar-refractivity contribution in [3.8, 4) is 0 Å². The number of halogens is 2. The summed E-state index contributed by atoms with van der Waals surface area (Å²) in [5.74, 6) is 0.0149. The number of aromatic nitrogens is 4. The number of amides is 1. The van der Waals surface area contributed by atoms with Gasteiger partial charge >= 0.3 is 6.01 Å². The summed E-state index contributed by atoms with van der Waals surface area (Å²) >= 11 is 0. The zero-order valence-corrected chi connectivity index (χ0v) is 23.9. The molecular weight excluding hydrogens is 558 g/mol. The van der Waals surface area contributed by atoms with Crippen LogP contribution in [0, 0.1) is 11.6 Å². The Balaban J connectivity index is 0.984. The average Bonchev–Trinajstić information content (AvgIpc) is 3.60. The first kappa shape index (κ1) is 28.1. The third-order valence-electron chi connectivity index (χ3n) is 9.21. The molecule has 3 aromatic rings. The molecule has 0 unspecified atom stereocenters. The molecule has 2 N–H and O–H groups in total. The number of hydrogen-bond acceptors (Lipinski definition) is 10. The van der Waals surface area contributed by atoms with Gasteiger partial charge in [0.2, 0.25) is 5.95 Å². The van der Waals surface area contributed by atoms with Gasteiger partial charge in [-0.25, -0.2) is 18.7 Å². The highest BCUT2D eigenvalue weighted by Gasteiger charge is 2.40. The minimum atomic E-state index is -0.499. The fourth-order valence-electron chi connectivity index (χ4n) is 6.66. The van der Waals surface area contributed by atoms with E-state index >= 15 is 0 Å². The number of nitrogens with two attached hydrogens (primary N) is 1. The summed E-state index contributed by atoms with van der Waals surface area (Å²) in [7, 11) is 0. The quantitative estimate of drug-likeness (QED) is 0.436. The molecule has 1 aliphatic carbocycles. The van der Waals surface area contributed by atoms with Gasteiger partial charge in [0.25, 0.3) is 5.91 Å². The van der Waals surface area contributed by atoms with E-state index in [1.54, 1.807) is 12.4 Å². The molecule has 2 atom stereocenters. The van der Waals surface area contributed by atoms with E-state index in [0.29, 0.717) is 30.6 Å². The van der Waals surface area contributed by atoms with Crippen LogP contribution < -0.4 is 15.5 Å². The summed E-state index contributed by atoms with van der Waals surface area (Å²) in [6.07, 6.45) is 8.54. The molecular formula is C30H36F2N8O3. The van der Waals surface area contributed by atoms with Gasteiger partial charge in [0.1, 0.15) is 11.6 Å². The summed E-state index contributed by atoms with van der Waals surface area (Å²) in [4.78, 5) is 33.4. The zero-order valence-electron chi connectivity index (χ0n) is 23.9. The largest absolute Gasteiger partial charge is 0.381 e. The maximum Gasteiger partial charge on any atom is 0.324 e. The Hall–Kier alpha value is -3.71. The number of benzene rings is 1. The number of carbonyl (C=O) groups is 1. The molecule has 7 rings (SSSR count). The average molecular weight is 595 g/mol. The molecule has 5 heterocycles. The van der Waals surface area contributed by atoms with Gasteiger partial charge in [-0.3, -0.25) is 4.79 Å². The van der Waals surface area contributed by atoms with Crippen LogP contribution in [-0.2, 0) is 4.74 Å². The third-order valence-corrected chi connectivity index (χ3v) is 9.21. The zero-order chi connectivity index (χ0) is 29.5. The molecule has 1 aromatic carbocycles. The van der Waals surface area contributed by atoms with Crippen LogP contribution in [0.5, 0.6) is 0 Å². The van der Waals surface area contributed by atoms with E-state index in [1.807, 2.05) is 9.80 Å². The summed E-state index contributed by atoms with van der Waals surface area (Å²) < 4.78 is 39.3. The highest BCUT2D eigenvalue weighted by molar-refractivity contribution is 5.94. The van der Waals surface area contributed by atoms with E-state index in [4.69, 9.17) is 15.0 Å². The standard InChI is InChI=1S/C30H36F2N8O3/c31-20-1-4-25(32)23(13-20)24-16-39(17-26(24)33)29-34-14-19(15-35-29)28(41)40(21-2-3-21)22-5-9-38(10-6-22)30-36-27(37-43-30)18-7-11-42-12-8-18/h1,4,13-15,18,21-22,24,26H,2-3,5-12,16-17,33H2/t24-,26+/m1/s1. The van der Waals surface area contributed by atoms with Gasteiger partial charge in [-0.2, -0.15) is 4.98 Å². The van der Waals surface area contributed by atoms with Crippen molar-refractivity contribution in [2.75, 3.05) is 49.2 Å². The van der Waals surface area contributed by atoms with Crippen molar-refractivity contribution >= 4 is 17.9 Å². The van der Waals surface area contributed by atoms with Crippen LogP contribution in [0.3, 0.4) is 0 Å².